The molecular formula is C7H12O4. The van der Waals surface area contributed by atoms with Crippen LogP contribution in [0.1, 0.15) is 13.8 Å². The predicted octanol–water partition coefficient (Wildman–Crippen LogP) is -0.709. The molecule has 0 aromatic heterocycles. The molecular weight excluding hydrogens is 148 g/mol. The quantitative estimate of drug-likeness (QED) is 0.497. The lowest BCUT2D eigenvalue weighted by Gasteiger charge is -2.23. The fourth-order valence-electron chi connectivity index (χ4n) is 1.11. The monoisotopic (exact) mass is 160 g/mol. The van der Waals surface area contributed by atoms with Crippen LogP contribution in [0, 0.1) is 5.41 Å². The second-order valence-electron chi connectivity index (χ2n) is 3.33. The van der Waals surface area contributed by atoms with Crippen LogP contribution < -0.4 is 0 Å². The number of ether oxygens (including phenoxy) is 1. The van der Waals surface area contributed by atoms with Gasteiger partial charge in [-0.05, 0) is 0 Å². The summed E-state index contributed by atoms with van der Waals surface area (Å²) in [5, 5.41) is 18.0. The number of aliphatic hydroxyl groups is 2. The van der Waals surface area contributed by atoms with E-state index in [1.807, 2.05) is 0 Å². The molecule has 0 aromatic carbocycles. The number of carbonyl (C=O) groups excluding carboxylic acids is 1. The lowest BCUT2D eigenvalue weighted by molar-refractivity contribution is -0.148. The molecule has 0 aliphatic carbocycles. The van der Waals surface area contributed by atoms with Crippen LogP contribution in [-0.2, 0) is 9.53 Å². The Bertz CT molecular complexity index is 175. The van der Waals surface area contributed by atoms with Crippen LogP contribution in [0.25, 0.3) is 0 Å². The van der Waals surface area contributed by atoms with Crippen molar-refractivity contribution in [3.8, 4) is 0 Å². The maximum atomic E-state index is 10.8. The Morgan fingerprint density at radius 3 is 2.36 bits per heavy atom. The van der Waals surface area contributed by atoms with E-state index in [2.05, 4.69) is 0 Å². The van der Waals surface area contributed by atoms with E-state index < -0.39 is 23.6 Å². The molecule has 0 amide bonds. The van der Waals surface area contributed by atoms with Crippen molar-refractivity contribution in [3.05, 3.63) is 0 Å². The first-order valence-corrected chi connectivity index (χ1v) is 3.49. The lowest BCUT2D eigenvalue weighted by Crippen LogP contribution is -2.36. The average Bonchev–Trinajstić information content (AvgIpc) is 2.13. The third-order valence-electron chi connectivity index (χ3n) is 2.18. The summed E-state index contributed by atoms with van der Waals surface area (Å²) in [4.78, 5) is 10.8. The van der Waals surface area contributed by atoms with E-state index in [-0.39, 0.29) is 6.61 Å². The molecule has 1 aliphatic heterocycles. The van der Waals surface area contributed by atoms with E-state index in [0.717, 1.165) is 0 Å². The summed E-state index contributed by atoms with van der Waals surface area (Å²) in [6, 6.07) is 0. The second-order valence-corrected chi connectivity index (χ2v) is 3.33. The molecule has 1 aliphatic rings. The van der Waals surface area contributed by atoms with Crippen LogP contribution >= 0.6 is 0 Å². The Hall–Kier alpha value is -0.610. The molecule has 0 radical (unpaired) electrons. The molecule has 2 atom stereocenters. The van der Waals surface area contributed by atoms with Gasteiger partial charge in [-0.15, -0.1) is 0 Å². The Kier molecular flexibility index (Phi) is 1.90. The standard InChI is InChI=1S/C7H12O4/c1-7(2)4(3-8)11-6(10)5(7)9/h4-5,8-9H,3H2,1-2H3/t4-,5+/m1/s1. The fraction of sp³-hybridized carbons (Fsp3) is 0.857. The Balaban J connectivity index is 2.82. The first kappa shape index (κ1) is 8.49. The van der Waals surface area contributed by atoms with Crippen molar-refractivity contribution in [1.29, 1.82) is 0 Å². The normalized spacial score (nSPS) is 35.5. The molecule has 64 valence electrons. The minimum atomic E-state index is -1.11. The summed E-state index contributed by atoms with van der Waals surface area (Å²) in [6.45, 7) is 3.13. The van der Waals surface area contributed by atoms with Crippen LogP contribution in [0.15, 0.2) is 0 Å². The number of aliphatic hydroxyl groups excluding tert-OH is 2. The molecule has 1 rings (SSSR count). The molecule has 1 heterocycles. The van der Waals surface area contributed by atoms with Gasteiger partial charge in [0.25, 0.3) is 0 Å². The highest BCUT2D eigenvalue weighted by Crippen LogP contribution is 2.34. The number of hydrogen-bond donors (Lipinski definition) is 2. The maximum absolute atomic E-state index is 10.8. The summed E-state index contributed by atoms with van der Waals surface area (Å²) >= 11 is 0. The van der Waals surface area contributed by atoms with Gasteiger partial charge in [0.1, 0.15) is 6.10 Å². The zero-order valence-electron chi connectivity index (χ0n) is 6.57. The van der Waals surface area contributed by atoms with Gasteiger partial charge in [0.2, 0.25) is 0 Å². The zero-order chi connectivity index (χ0) is 8.65. The van der Waals surface area contributed by atoms with Crippen LogP contribution in [0.4, 0.5) is 0 Å². The largest absolute Gasteiger partial charge is 0.457 e. The van der Waals surface area contributed by atoms with Crippen LogP contribution in [-0.4, -0.2) is 35.0 Å². The van der Waals surface area contributed by atoms with Crippen molar-refractivity contribution >= 4 is 5.97 Å². The molecule has 4 heteroatoms. The predicted molar refractivity (Wildman–Crippen MR) is 36.8 cm³/mol. The van der Waals surface area contributed by atoms with Crippen LogP contribution in [0.2, 0.25) is 0 Å². The van der Waals surface area contributed by atoms with Gasteiger partial charge in [-0.2, -0.15) is 0 Å². The van der Waals surface area contributed by atoms with Gasteiger partial charge in [0.15, 0.2) is 6.10 Å². The Morgan fingerprint density at radius 1 is 1.64 bits per heavy atom. The molecule has 4 nitrogen and oxygen atoms in total. The number of esters is 1. The van der Waals surface area contributed by atoms with Gasteiger partial charge in [-0.3, -0.25) is 0 Å². The molecule has 1 fully saturated rings. The first-order chi connectivity index (χ1) is 5.00. The topological polar surface area (TPSA) is 66.8 Å². The van der Waals surface area contributed by atoms with Crippen molar-refractivity contribution in [1.82, 2.24) is 0 Å². The van der Waals surface area contributed by atoms with Gasteiger partial charge in [-0.1, -0.05) is 13.8 Å². The van der Waals surface area contributed by atoms with E-state index in [9.17, 15) is 9.90 Å². The number of rotatable bonds is 1. The number of cyclic esters (lactones) is 1. The highest BCUT2D eigenvalue weighted by molar-refractivity contribution is 5.78. The van der Waals surface area contributed by atoms with Gasteiger partial charge in [-0.25, -0.2) is 4.79 Å². The van der Waals surface area contributed by atoms with Gasteiger partial charge >= 0.3 is 5.97 Å². The average molecular weight is 160 g/mol. The molecule has 1 saturated heterocycles. The third kappa shape index (κ3) is 1.12. The van der Waals surface area contributed by atoms with Crippen molar-refractivity contribution in [2.24, 2.45) is 5.41 Å². The molecule has 0 aromatic rings. The molecule has 11 heavy (non-hydrogen) atoms. The second kappa shape index (κ2) is 2.46. The number of carbonyl (C=O) groups is 1. The fourth-order valence-corrected chi connectivity index (χ4v) is 1.11. The van der Waals surface area contributed by atoms with Crippen LogP contribution in [0.3, 0.4) is 0 Å². The summed E-state index contributed by atoms with van der Waals surface area (Å²) in [5.41, 5.74) is -0.675. The highest BCUT2D eigenvalue weighted by Gasteiger charge is 2.49. The Morgan fingerprint density at radius 2 is 2.18 bits per heavy atom. The smallest absolute Gasteiger partial charge is 0.336 e. The molecule has 0 bridgehead atoms. The van der Waals surface area contributed by atoms with Crippen molar-refractivity contribution in [2.45, 2.75) is 26.1 Å². The molecule has 0 unspecified atom stereocenters. The lowest BCUT2D eigenvalue weighted by atomic mass is 9.83. The minimum Gasteiger partial charge on any atom is -0.457 e. The zero-order valence-corrected chi connectivity index (χ0v) is 6.57. The molecule has 0 spiro atoms. The van der Waals surface area contributed by atoms with Crippen molar-refractivity contribution in [3.63, 3.8) is 0 Å². The summed E-state index contributed by atoms with van der Waals surface area (Å²) in [7, 11) is 0. The minimum absolute atomic E-state index is 0.240. The molecule has 2 N–H and O–H groups in total. The summed E-state index contributed by atoms with van der Waals surface area (Å²) < 4.78 is 4.70. The van der Waals surface area contributed by atoms with E-state index >= 15 is 0 Å². The Labute approximate surface area is 64.8 Å². The van der Waals surface area contributed by atoms with Gasteiger partial charge < -0.3 is 14.9 Å². The van der Waals surface area contributed by atoms with E-state index in [1.165, 1.54) is 0 Å². The molecule has 0 saturated carbocycles. The van der Waals surface area contributed by atoms with Crippen LogP contribution in [0.5, 0.6) is 0 Å². The SMILES string of the molecule is CC1(C)[C@@H](CO)OC(=O)[C@@H]1O. The summed E-state index contributed by atoms with van der Waals surface area (Å²) in [6.07, 6.45) is -1.69. The maximum Gasteiger partial charge on any atom is 0.336 e. The van der Waals surface area contributed by atoms with Gasteiger partial charge in [0.05, 0.1) is 6.61 Å². The van der Waals surface area contributed by atoms with E-state index in [4.69, 9.17) is 9.84 Å². The summed E-state index contributed by atoms with van der Waals surface area (Å²) in [5.74, 6) is -0.644. The third-order valence-corrected chi connectivity index (χ3v) is 2.18. The highest BCUT2D eigenvalue weighted by atomic mass is 16.6. The first-order valence-electron chi connectivity index (χ1n) is 3.49. The van der Waals surface area contributed by atoms with Crippen molar-refractivity contribution in [2.75, 3.05) is 6.61 Å². The van der Waals surface area contributed by atoms with E-state index in [0.29, 0.717) is 0 Å². The number of hydrogen-bond acceptors (Lipinski definition) is 4. The van der Waals surface area contributed by atoms with Crippen molar-refractivity contribution < 1.29 is 19.7 Å². The van der Waals surface area contributed by atoms with E-state index in [1.54, 1.807) is 13.8 Å². The van der Waals surface area contributed by atoms with Gasteiger partial charge in [0, 0.05) is 5.41 Å².